The number of allylic oxidation sites excluding steroid dienone is 2. The molecular formula is C62H85IN2O20S3. The Kier molecular flexibility index (Phi) is 23.9. The fourth-order valence-corrected chi connectivity index (χ4v) is 18.1. The maximum atomic E-state index is 14.5. The van der Waals surface area contributed by atoms with E-state index in [0.717, 1.165) is 24.6 Å². The fraction of sp³-hybridized carbons (Fsp3) is 0.726. The largest absolute Gasteiger partial charge is 0.492 e. The number of methoxy groups -OCH3 is 4. The predicted molar refractivity (Wildman–Crippen MR) is 335 cm³/mol. The Balaban J connectivity index is 0.938. The van der Waals surface area contributed by atoms with Crippen LogP contribution in [0.3, 0.4) is 0 Å². The van der Waals surface area contributed by atoms with Crippen LogP contribution in [0.25, 0.3) is 0 Å². The summed E-state index contributed by atoms with van der Waals surface area (Å²) in [5.74, 6) is 11.4. The second-order valence-corrected chi connectivity index (χ2v) is 28.8. The molecule has 26 heteroatoms. The maximum Gasteiger partial charge on any atom is 0.229 e. The summed E-state index contributed by atoms with van der Waals surface area (Å²) in [5.41, 5.74) is 1.52. The van der Waals surface area contributed by atoms with Crippen LogP contribution in [0, 0.1) is 51.4 Å². The number of thioether (sulfide) groups is 1. The van der Waals surface area contributed by atoms with Crippen LogP contribution in [0.5, 0.6) is 17.2 Å². The molecule has 0 aromatic heterocycles. The Bertz CT molecular complexity index is 2870. The molecule has 4 aliphatic heterocycles. The Hall–Kier alpha value is -2.63. The van der Waals surface area contributed by atoms with Gasteiger partial charge in [-0.1, -0.05) is 82.9 Å². The molecule has 22 nitrogen and oxygen atoms in total. The van der Waals surface area contributed by atoms with E-state index >= 15 is 0 Å². The van der Waals surface area contributed by atoms with Gasteiger partial charge in [0.25, 0.3) is 0 Å². The number of carbonyl (C=O) groups excluding carboxylic acids is 3. The zero-order valence-corrected chi connectivity index (χ0v) is 56.1. The van der Waals surface area contributed by atoms with Crippen LogP contribution >= 0.6 is 55.9 Å². The SMILES string of the molecule is CCN[C@H]1CO[C@@H](O[C@H]2[C@H](O[C@H]3C#C/C=C(/C)C#CC45C(CC(C)=O)C(=O)C[C@]4(O)/C(=C/CSSC4CCCC4)C35)O[C@H](C)[C@@H](NO[C@H]3C[C@H](O)[C@H](SC(=O)c4c(C)c(I)c(O[C@@H]5O[C@@H](C)[C@H](O)[C@@H](OC)[C@H]5O)c(OC)c4OC)[C@@H](C)O3)[C@@H]2O)C[C@@H]1OC. The van der Waals surface area contributed by atoms with E-state index in [-0.39, 0.29) is 78.8 Å². The summed E-state index contributed by atoms with van der Waals surface area (Å²) in [4.78, 5) is 47.9. The number of halogens is 1. The van der Waals surface area contributed by atoms with Crippen molar-refractivity contribution in [3.63, 3.8) is 0 Å². The highest BCUT2D eigenvalue weighted by molar-refractivity contribution is 14.1. The molecule has 7 fully saturated rings. The highest BCUT2D eigenvalue weighted by Crippen LogP contribution is 2.70. The van der Waals surface area contributed by atoms with Crippen LogP contribution in [0.1, 0.15) is 109 Å². The highest BCUT2D eigenvalue weighted by Gasteiger charge is 2.78. The summed E-state index contributed by atoms with van der Waals surface area (Å²) < 4.78 is 68.5. The van der Waals surface area contributed by atoms with Crippen LogP contribution in [-0.2, 0) is 52.3 Å². The van der Waals surface area contributed by atoms with Gasteiger partial charge in [-0.05, 0) is 101 Å². The summed E-state index contributed by atoms with van der Waals surface area (Å²) in [7, 11) is 9.24. The van der Waals surface area contributed by atoms with Crippen molar-refractivity contribution in [2.24, 2.45) is 17.3 Å². The van der Waals surface area contributed by atoms with Gasteiger partial charge < -0.3 is 87.7 Å². The number of benzene rings is 1. The lowest BCUT2D eigenvalue weighted by atomic mass is 9.44. The maximum absolute atomic E-state index is 14.5. The summed E-state index contributed by atoms with van der Waals surface area (Å²) in [6, 6.07) is -1.17. The third-order valence-corrected chi connectivity index (χ3v) is 23.7. The molecule has 488 valence electrons. The number of likely N-dealkylation sites (N-methyl/N-ethyl adjacent to an activating group) is 1. The zero-order chi connectivity index (χ0) is 63.5. The molecule has 1 aromatic carbocycles. The monoisotopic (exact) mass is 1400 g/mol. The molecule has 0 amide bonds. The second-order valence-electron chi connectivity index (χ2n) is 23.8. The number of rotatable bonds is 23. The van der Waals surface area contributed by atoms with Crippen molar-refractivity contribution in [2.45, 2.75) is 220 Å². The topological polar surface area (TPSA) is 287 Å². The smallest absolute Gasteiger partial charge is 0.229 e. The predicted octanol–water partition coefficient (Wildman–Crippen LogP) is 4.85. The number of aliphatic hydroxyl groups is 5. The molecule has 9 rings (SSSR count). The van der Waals surface area contributed by atoms with Crippen LogP contribution in [0.4, 0.5) is 0 Å². The first kappa shape index (κ1) is 69.7. The number of nitrogens with one attached hydrogen (secondary N) is 2. The minimum atomic E-state index is -1.72. The number of carbonyl (C=O) groups is 3. The van der Waals surface area contributed by atoms with E-state index in [2.05, 4.69) is 34.5 Å². The first-order chi connectivity index (χ1) is 42.0. The van der Waals surface area contributed by atoms with Crippen molar-refractivity contribution in [1.82, 2.24) is 10.8 Å². The molecule has 8 aliphatic rings. The molecule has 4 aliphatic carbocycles. The van der Waals surface area contributed by atoms with E-state index in [1.54, 1.807) is 58.6 Å². The summed E-state index contributed by atoms with van der Waals surface area (Å²) in [5, 5.41) is 61.7. The van der Waals surface area contributed by atoms with E-state index < -0.39 is 125 Å². The number of hydrogen-bond donors (Lipinski definition) is 7. The van der Waals surface area contributed by atoms with Gasteiger partial charge in [0, 0.05) is 68.3 Å². The van der Waals surface area contributed by atoms with Crippen LogP contribution in [0.2, 0.25) is 0 Å². The first-order valence-corrected chi connectivity index (χ1v) is 34.5. The first-order valence-electron chi connectivity index (χ1n) is 30.1. The van der Waals surface area contributed by atoms with Crippen molar-refractivity contribution < 1.29 is 96.9 Å². The molecule has 3 unspecified atom stereocenters. The zero-order valence-electron chi connectivity index (χ0n) is 51.5. The number of hydrogen-bond acceptors (Lipinski definition) is 25. The van der Waals surface area contributed by atoms with E-state index in [1.807, 2.05) is 46.4 Å². The normalized spacial score (nSPS) is 40.1. The molecule has 1 aromatic rings. The standard InChI is InChI=1S/C62H85IN2O20S3/c1-12-64-38-28-78-43(26-42(38)74-8)83-55-50(70)48(32(5)80-60(55)82-41-19-15-16-29(2)20-22-61-37(24-30(3)66)40(68)27-62(61,73)36(46(41)61)21-23-86-88-35-17-13-14-18-35)65-85-44-25-39(67)57(34(7)79-44)87-58(72)45-31(4)47(63)53(56(77-11)52(45)75-9)84-59-51(71)54(76-10)49(69)33(6)81-59/h16,21,32-35,37-39,41-44,46,48-51,54-55,57,59-60,64-65,67,69-71,73H,12-14,17-18,23-28H2,1-11H3/b29-16-,36-21+/t32-,33+,34-,37?,38+,39+,41+,42+,43+,44+,46?,48-,49+,50+,51-,54-,55-,57-,59+,60+,61?,62+/m1/s1. The average molecular weight is 1400 g/mol. The van der Waals surface area contributed by atoms with E-state index in [1.165, 1.54) is 41.1 Å². The number of hydroxylamine groups is 1. The van der Waals surface area contributed by atoms with E-state index in [0.29, 0.717) is 37.8 Å². The van der Waals surface area contributed by atoms with Gasteiger partial charge in [0.1, 0.15) is 53.8 Å². The third-order valence-electron chi connectivity index (χ3n) is 18.2. The van der Waals surface area contributed by atoms with Gasteiger partial charge in [0.15, 0.2) is 30.4 Å². The Labute approximate surface area is 540 Å². The van der Waals surface area contributed by atoms with E-state index in [4.69, 9.17) is 56.9 Å². The number of ketones is 2. The molecular weight excluding hydrogens is 1320 g/mol. The lowest BCUT2D eigenvalue weighted by Crippen LogP contribution is -2.69. The lowest BCUT2D eigenvalue weighted by molar-refractivity contribution is -0.342. The van der Waals surface area contributed by atoms with Gasteiger partial charge in [-0.2, -0.15) is 5.48 Å². The lowest BCUT2D eigenvalue weighted by Gasteiger charge is -2.60. The van der Waals surface area contributed by atoms with Crippen molar-refractivity contribution in [3.8, 4) is 40.9 Å². The third kappa shape index (κ3) is 14.1. The minimum Gasteiger partial charge on any atom is -0.492 e. The van der Waals surface area contributed by atoms with Crippen molar-refractivity contribution >= 4 is 72.6 Å². The minimum absolute atomic E-state index is 0.0415. The summed E-state index contributed by atoms with van der Waals surface area (Å²) in [6.07, 6.45) is -7.92. The fourth-order valence-electron chi connectivity index (χ4n) is 13.6. The molecule has 88 heavy (non-hydrogen) atoms. The van der Waals surface area contributed by atoms with Gasteiger partial charge in [0.05, 0.1) is 83.2 Å². The van der Waals surface area contributed by atoms with Gasteiger partial charge in [0.2, 0.25) is 17.2 Å². The van der Waals surface area contributed by atoms with Gasteiger partial charge in [-0.15, -0.1) is 0 Å². The highest BCUT2D eigenvalue weighted by atomic mass is 127. The Morgan fingerprint density at radius 2 is 1.61 bits per heavy atom. The summed E-state index contributed by atoms with van der Waals surface area (Å²) in [6.45, 7) is 12.8. The van der Waals surface area contributed by atoms with Gasteiger partial charge >= 0.3 is 0 Å². The number of aliphatic hydroxyl groups excluding tert-OH is 4. The Morgan fingerprint density at radius 3 is 2.28 bits per heavy atom. The molecule has 0 bridgehead atoms. The molecule has 4 heterocycles. The molecule has 0 radical (unpaired) electrons. The molecule has 4 saturated heterocycles. The van der Waals surface area contributed by atoms with Crippen LogP contribution < -0.4 is 25.0 Å². The van der Waals surface area contributed by atoms with Crippen molar-refractivity contribution in [1.29, 1.82) is 0 Å². The average Bonchev–Trinajstić information content (AvgIpc) is 1.42. The van der Waals surface area contributed by atoms with Crippen LogP contribution in [-0.4, -0.2) is 210 Å². The molecule has 3 saturated carbocycles. The molecule has 1 spiro atoms. The van der Waals surface area contributed by atoms with E-state index in [9.17, 15) is 39.9 Å². The van der Waals surface area contributed by atoms with Crippen LogP contribution in [0.15, 0.2) is 23.3 Å². The second kappa shape index (κ2) is 30.2. The Morgan fingerprint density at radius 1 is 0.886 bits per heavy atom. The van der Waals surface area contributed by atoms with Crippen molar-refractivity contribution in [2.75, 3.05) is 47.3 Å². The summed E-state index contributed by atoms with van der Waals surface area (Å²) >= 11 is 2.86. The number of ether oxygens (including phenoxy) is 11. The molecule has 7 N–H and O–H groups in total. The molecule has 22 atom stereocenters. The van der Waals surface area contributed by atoms with Gasteiger partial charge in [-0.3, -0.25) is 14.4 Å². The van der Waals surface area contributed by atoms with Crippen molar-refractivity contribution in [3.05, 3.63) is 38.0 Å². The number of Topliss-reactive ketones (excluding diaryl/α,β-unsaturated/α-hetero) is 2. The quantitative estimate of drug-likeness (QED) is 0.0192. The van der Waals surface area contributed by atoms with Gasteiger partial charge in [-0.25, -0.2) is 0 Å².